The van der Waals surface area contributed by atoms with Crippen LogP contribution in [0.5, 0.6) is 0 Å². The van der Waals surface area contributed by atoms with Gasteiger partial charge in [0.1, 0.15) is 11.6 Å². The fourth-order valence-electron chi connectivity index (χ4n) is 2.36. The van der Waals surface area contributed by atoms with Crippen molar-refractivity contribution in [1.29, 1.82) is 0 Å². The average molecular weight is 210 g/mol. The third-order valence-electron chi connectivity index (χ3n) is 4.03. The quantitative estimate of drug-likeness (QED) is 0.717. The van der Waals surface area contributed by atoms with Crippen LogP contribution in [0.15, 0.2) is 0 Å². The number of carbonyl (C=O) groups excluding carboxylic acids is 2. The molecule has 1 unspecified atom stereocenters. The standard InChI is InChI=1S/C13H22O2/c1-9-5-7-11(8-6-10(2)14)12(15)13(9,3)4/h9,11H,5-8H2,1-4H3/t9-,11?/m0/s1. The van der Waals surface area contributed by atoms with Gasteiger partial charge in [-0.25, -0.2) is 0 Å². The van der Waals surface area contributed by atoms with E-state index in [-0.39, 0.29) is 17.1 Å². The van der Waals surface area contributed by atoms with Crippen molar-refractivity contribution in [2.24, 2.45) is 17.3 Å². The summed E-state index contributed by atoms with van der Waals surface area (Å²) in [5, 5.41) is 0. The summed E-state index contributed by atoms with van der Waals surface area (Å²) in [5.74, 6) is 1.15. The fraction of sp³-hybridized carbons (Fsp3) is 0.846. The second-order valence-corrected chi connectivity index (χ2v) is 5.50. The Morgan fingerprint density at radius 2 is 2.00 bits per heavy atom. The zero-order valence-electron chi connectivity index (χ0n) is 10.3. The number of rotatable bonds is 3. The van der Waals surface area contributed by atoms with Gasteiger partial charge in [-0.3, -0.25) is 4.79 Å². The van der Waals surface area contributed by atoms with E-state index in [0.717, 1.165) is 19.3 Å². The molecule has 2 nitrogen and oxygen atoms in total. The maximum absolute atomic E-state index is 12.2. The Hall–Kier alpha value is -0.660. The molecule has 0 aromatic carbocycles. The largest absolute Gasteiger partial charge is 0.300 e. The van der Waals surface area contributed by atoms with E-state index in [9.17, 15) is 9.59 Å². The predicted octanol–water partition coefficient (Wildman–Crippen LogP) is 3.00. The van der Waals surface area contributed by atoms with Crippen LogP contribution in [0.25, 0.3) is 0 Å². The highest BCUT2D eigenvalue weighted by atomic mass is 16.1. The van der Waals surface area contributed by atoms with Crippen molar-refractivity contribution in [3.63, 3.8) is 0 Å². The third kappa shape index (κ3) is 2.67. The summed E-state index contributed by atoms with van der Waals surface area (Å²) in [6.07, 6.45) is 3.39. The lowest BCUT2D eigenvalue weighted by Gasteiger charge is -2.39. The van der Waals surface area contributed by atoms with E-state index in [2.05, 4.69) is 6.92 Å². The minimum Gasteiger partial charge on any atom is -0.300 e. The molecule has 0 aromatic heterocycles. The zero-order chi connectivity index (χ0) is 11.6. The van der Waals surface area contributed by atoms with Crippen molar-refractivity contribution in [2.45, 2.75) is 53.4 Å². The van der Waals surface area contributed by atoms with Crippen molar-refractivity contribution in [3.8, 4) is 0 Å². The van der Waals surface area contributed by atoms with Gasteiger partial charge in [0, 0.05) is 17.8 Å². The molecule has 1 fully saturated rings. The highest BCUT2D eigenvalue weighted by Gasteiger charge is 2.41. The van der Waals surface area contributed by atoms with Crippen LogP contribution < -0.4 is 0 Å². The molecule has 0 bridgehead atoms. The van der Waals surface area contributed by atoms with Crippen LogP contribution in [-0.2, 0) is 9.59 Å². The van der Waals surface area contributed by atoms with E-state index >= 15 is 0 Å². The fourth-order valence-corrected chi connectivity index (χ4v) is 2.36. The molecule has 1 rings (SSSR count). The molecular weight excluding hydrogens is 188 g/mol. The summed E-state index contributed by atoms with van der Waals surface area (Å²) >= 11 is 0. The Labute approximate surface area is 92.4 Å². The van der Waals surface area contributed by atoms with Gasteiger partial charge >= 0.3 is 0 Å². The van der Waals surface area contributed by atoms with Gasteiger partial charge in [-0.05, 0) is 32.1 Å². The van der Waals surface area contributed by atoms with Gasteiger partial charge in [0.2, 0.25) is 0 Å². The van der Waals surface area contributed by atoms with Crippen molar-refractivity contribution in [1.82, 2.24) is 0 Å². The molecule has 1 aliphatic rings. The van der Waals surface area contributed by atoms with Gasteiger partial charge in [-0.2, -0.15) is 0 Å². The lowest BCUT2D eigenvalue weighted by atomic mass is 9.64. The number of Topliss-reactive ketones (excluding diaryl/α,β-unsaturated/α-hetero) is 2. The molecule has 0 amide bonds. The Bertz CT molecular complexity index is 266. The summed E-state index contributed by atoms with van der Waals surface area (Å²) in [7, 11) is 0. The van der Waals surface area contributed by atoms with Crippen LogP contribution in [0.4, 0.5) is 0 Å². The Balaban J connectivity index is 2.62. The lowest BCUT2D eigenvalue weighted by molar-refractivity contribution is -0.137. The summed E-state index contributed by atoms with van der Waals surface area (Å²) < 4.78 is 0. The van der Waals surface area contributed by atoms with Crippen LogP contribution >= 0.6 is 0 Å². The molecule has 0 aliphatic heterocycles. The molecule has 0 heterocycles. The summed E-state index contributed by atoms with van der Waals surface area (Å²) in [4.78, 5) is 23.1. The number of ketones is 2. The van der Waals surface area contributed by atoms with Crippen molar-refractivity contribution >= 4 is 11.6 Å². The van der Waals surface area contributed by atoms with Gasteiger partial charge in [0.15, 0.2) is 0 Å². The molecule has 86 valence electrons. The van der Waals surface area contributed by atoms with E-state index in [4.69, 9.17) is 0 Å². The zero-order valence-corrected chi connectivity index (χ0v) is 10.3. The predicted molar refractivity (Wildman–Crippen MR) is 60.6 cm³/mol. The van der Waals surface area contributed by atoms with Gasteiger partial charge in [-0.15, -0.1) is 0 Å². The van der Waals surface area contributed by atoms with Crippen molar-refractivity contribution in [3.05, 3.63) is 0 Å². The molecule has 0 radical (unpaired) electrons. The van der Waals surface area contributed by atoms with Crippen LogP contribution in [-0.4, -0.2) is 11.6 Å². The third-order valence-corrected chi connectivity index (χ3v) is 4.03. The Morgan fingerprint density at radius 1 is 1.40 bits per heavy atom. The van der Waals surface area contributed by atoms with Gasteiger partial charge < -0.3 is 4.79 Å². The Kier molecular flexibility index (Phi) is 3.69. The molecule has 1 aliphatic carbocycles. The van der Waals surface area contributed by atoms with Crippen LogP contribution in [0.2, 0.25) is 0 Å². The van der Waals surface area contributed by atoms with E-state index in [1.54, 1.807) is 6.92 Å². The minimum absolute atomic E-state index is 0.125. The first-order valence-corrected chi connectivity index (χ1v) is 5.89. The van der Waals surface area contributed by atoms with E-state index in [1.807, 2.05) is 13.8 Å². The normalized spacial score (nSPS) is 30.3. The SMILES string of the molecule is CC(=O)CCC1CC[C@H](C)C(C)(C)C1=O. The monoisotopic (exact) mass is 210 g/mol. The topological polar surface area (TPSA) is 34.1 Å². The molecule has 0 saturated heterocycles. The van der Waals surface area contributed by atoms with E-state index in [0.29, 0.717) is 18.1 Å². The van der Waals surface area contributed by atoms with E-state index in [1.165, 1.54) is 0 Å². The summed E-state index contributed by atoms with van der Waals surface area (Å²) in [5.41, 5.74) is -0.195. The van der Waals surface area contributed by atoms with E-state index < -0.39 is 0 Å². The van der Waals surface area contributed by atoms with Crippen molar-refractivity contribution in [2.75, 3.05) is 0 Å². The van der Waals surface area contributed by atoms with Gasteiger partial charge in [0.25, 0.3) is 0 Å². The average Bonchev–Trinajstić information content (AvgIpc) is 2.14. The molecule has 2 atom stereocenters. The second-order valence-electron chi connectivity index (χ2n) is 5.50. The maximum Gasteiger partial charge on any atom is 0.141 e. The Morgan fingerprint density at radius 3 is 2.53 bits per heavy atom. The molecular formula is C13H22O2. The second kappa shape index (κ2) is 4.46. The summed E-state index contributed by atoms with van der Waals surface area (Å²) in [6, 6.07) is 0. The van der Waals surface area contributed by atoms with Crippen molar-refractivity contribution < 1.29 is 9.59 Å². The lowest BCUT2D eigenvalue weighted by Crippen LogP contribution is -2.41. The molecule has 15 heavy (non-hydrogen) atoms. The number of hydrogen-bond donors (Lipinski definition) is 0. The van der Waals surface area contributed by atoms with Gasteiger partial charge in [-0.1, -0.05) is 20.8 Å². The molecule has 0 N–H and O–H groups in total. The maximum atomic E-state index is 12.2. The first-order valence-electron chi connectivity index (χ1n) is 5.89. The van der Waals surface area contributed by atoms with Crippen LogP contribution in [0.1, 0.15) is 53.4 Å². The van der Waals surface area contributed by atoms with Crippen LogP contribution in [0, 0.1) is 17.3 Å². The highest BCUT2D eigenvalue weighted by molar-refractivity contribution is 5.88. The first-order chi connectivity index (χ1) is 6.85. The molecule has 0 spiro atoms. The smallest absolute Gasteiger partial charge is 0.141 e. The highest BCUT2D eigenvalue weighted by Crippen LogP contribution is 2.41. The minimum atomic E-state index is -0.195. The number of hydrogen-bond acceptors (Lipinski definition) is 2. The number of carbonyl (C=O) groups is 2. The van der Waals surface area contributed by atoms with Crippen LogP contribution in [0.3, 0.4) is 0 Å². The molecule has 1 saturated carbocycles. The van der Waals surface area contributed by atoms with Gasteiger partial charge in [0.05, 0.1) is 0 Å². The molecule has 2 heteroatoms. The summed E-state index contributed by atoms with van der Waals surface area (Å²) in [6.45, 7) is 7.83. The molecule has 0 aromatic rings. The first kappa shape index (κ1) is 12.4.